The van der Waals surface area contributed by atoms with Gasteiger partial charge in [0.25, 0.3) is 0 Å². The van der Waals surface area contributed by atoms with Gasteiger partial charge >= 0.3 is 0 Å². The largest absolute Gasteiger partial charge is 0.480 e. The first-order chi connectivity index (χ1) is 13.5. The summed E-state index contributed by atoms with van der Waals surface area (Å²) in [6.07, 6.45) is 3.54. The third-order valence-corrected chi connectivity index (χ3v) is 4.95. The van der Waals surface area contributed by atoms with Crippen LogP contribution in [-0.2, 0) is 4.74 Å². The Balaban J connectivity index is 1.61. The number of fused-ring (bicyclic) bond motifs is 2. The summed E-state index contributed by atoms with van der Waals surface area (Å²) in [6.45, 7) is 6.43. The molecule has 144 valence electrons. The van der Waals surface area contributed by atoms with Crippen LogP contribution in [0.2, 0.25) is 0 Å². The molecule has 28 heavy (non-hydrogen) atoms. The lowest BCUT2D eigenvalue weighted by molar-refractivity contribution is -0.0278. The Morgan fingerprint density at radius 3 is 2.89 bits per heavy atom. The standard InChI is InChI=1S/C20H21N5O3/c1-20(2)12-24(8-9-27-20)19-13-10-16(28-15(13)6-7-21-19)14-11-22-17-4-5-18(26-3)23-25(14)17/h4-7,10-11H,8-9,12H2,1-3H3. The molecule has 0 N–H and O–H groups in total. The van der Waals surface area contributed by atoms with Crippen LogP contribution in [0.4, 0.5) is 5.82 Å². The number of hydrogen-bond acceptors (Lipinski definition) is 7. The summed E-state index contributed by atoms with van der Waals surface area (Å²) in [5.41, 5.74) is 2.06. The molecule has 1 saturated heterocycles. The molecule has 1 aliphatic heterocycles. The highest BCUT2D eigenvalue weighted by Gasteiger charge is 2.29. The molecule has 0 amide bonds. The van der Waals surface area contributed by atoms with E-state index in [0.717, 1.165) is 41.2 Å². The van der Waals surface area contributed by atoms with Crippen molar-refractivity contribution in [1.29, 1.82) is 0 Å². The van der Waals surface area contributed by atoms with Crippen molar-refractivity contribution in [1.82, 2.24) is 19.6 Å². The van der Waals surface area contributed by atoms with Crippen molar-refractivity contribution < 1.29 is 13.9 Å². The van der Waals surface area contributed by atoms with Crippen LogP contribution in [0, 0.1) is 0 Å². The molecule has 1 aliphatic rings. The van der Waals surface area contributed by atoms with E-state index in [0.29, 0.717) is 18.2 Å². The van der Waals surface area contributed by atoms with E-state index in [1.807, 2.05) is 18.2 Å². The van der Waals surface area contributed by atoms with Crippen LogP contribution in [0.3, 0.4) is 0 Å². The molecule has 4 aromatic heterocycles. The maximum atomic E-state index is 6.14. The summed E-state index contributed by atoms with van der Waals surface area (Å²) in [7, 11) is 1.59. The smallest absolute Gasteiger partial charge is 0.231 e. The van der Waals surface area contributed by atoms with E-state index in [-0.39, 0.29) is 5.60 Å². The maximum Gasteiger partial charge on any atom is 0.231 e. The lowest BCUT2D eigenvalue weighted by Crippen LogP contribution is -2.48. The highest BCUT2D eigenvalue weighted by atomic mass is 16.5. The maximum absolute atomic E-state index is 6.14. The van der Waals surface area contributed by atoms with Gasteiger partial charge in [0.1, 0.15) is 17.1 Å². The van der Waals surface area contributed by atoms with Crippen molar-refractivity contribution in [2.45, 2.75) is 19.4 Å². The first kappa shape index (κ1) is 17.0. The molecule has 0 aliphatic carbocycles. The molecule has 5 heterocycles. The third-order valence-electron chi connectivity index (χ3n) is 4.95. The second-order valence-electron chi connectivity index (χ2n) is 7.48. The van der Waals surface area contributed by atoms with Gasteiger partial charge in [-0.3, -0.25) is 0 Å². The van der Waals surface area contributed by atoms with Gasteiger partial charge in [0.2, 0.25) is 5.88 Å². The van der Waals surface area contributed by atoms with E-state index in [2.05, 4.69) is 33.8 Å². The van der Waals surface area contributed by atoms with E-state index < -0.39 is 0 Å². The molecule has 8 heteroatoms. The van der Waals surface area contributed by atoms with Crippen molar-refractivity contribution >= 4 is 22.4 Å². The quantitative estimate of drug-likeness (QED) is 0.541. The fourth-order valence-corrected chi connectivity index (χ4v) is 3.66. The zero-order chi connectivity index (χ0) is 19.3. The fraction of sp³-hybridized carbons (Fsp3) is 0.350. The molecular weight excluding hydrogens is 358 g/mol. The Bertz CT molecular complexity index is 1160. The number of ether oxygens (including phenoxy) is 2. The first-order valence-corrected chi connectivity index (χ1v) is 9.21. The molecule has 0 atom stereocenters. The summed E-state index contributed by atoms with van der Waals surface area (Å²) in [5, 5.41) is 5.43. The van der Waals surface area contributed by atoms with E-state index in [9.17, 15) is 0 Å². The SMILES string of the molecule is COc1ccc2ncc(-c3cc4c(N5CCOC(C)(C)C5)nccc4o3)n2n1. The normalized spacial score (nSPS) is 16.8. The van der Waals surface area contributed by atoms with Crippen molar-refractivity contribution in [3.05, 3.63) is 36.7 Å². The Kier molecular flexibility index (Phi) is 3.77. The zero-order valence-corrected chi connectivity index (χ0v) is 16.0. The summed E-state index contributed by atoms with van der Waals surface area (Å²) in [6, 6.07) is 7.53. The molecule has 8 nitrogen and oxygen atoms in total. The molecule has 0 saturated carbocycles. The third kappa shape index (κ3) is 2.77. The topological polar surface area (TPSA) is 77.9 Å². The van der Waals surface area contributed by atoms with Crippen LogP contribution < -0.4 is 9.64 Å². The van der Waals surface area contributed by atoms with Crippen LogP contribution in [-0.4, -0.2) is 52.0 Å². The number of pyridine rings is 1. The van der Waals surface area contributed by atoms with Gasteiger partial charge in [-0.2, -0.15) is 0 Å². The van der Waals surface area contributed by atoms with Gasteiger partial charge in [0, 0.05) is 25.4 Å². The molecular formula is C20H21N5O3. The van der Waals surface area contributed by atoms with Crippen LogP contribution in [0.15, 0.2) is 41.1 Å². The highest BCUT2D eigenvalue weighted by Crippen LogP contribution is 2.34. The van der Waals surface area contributed by atoms with Crippen molar-refractivity contribution in [3.8, 4) is 17.3 Å². The average Bonchev–Trinajstić information content (AvgIpc) is 3.29. The average molecular weight is 379 g/mol. The van der Waals surface area contributed by atoms with Crippen LogP contribution in [0.5, 0.6) is 5.88 Å². The fourth-order valence-electron chi connectivity index (χ4n) is 3.66. The van der Waals surface area contributed by atoms with Crippen LogP contribution >= 0.6 is 0 Å². The monoisotopic (exact) mass is 379 g/mol. The second kappa shape index (κ2) is 6.20. The lowest BCUT2D eigenvalue weighted by atomic mass is 10.1. The summed E-state index contributed by atoms with van der Waals surface area (Å²) < 4.78 is 18.9. The Morgan fingerprint density at radius 2 is 2.07 bits per heavy atom. The zero-order valence-electron chi connectivity index (χ0n) is 16.0. The van der Waals surface area contributed by atoms with Crippen molar-refractivity contribution in [2.75, 3.05) is 31.7 Å². The van der Waals surface area contributed by atoms with Gasteiger partial charge in [-0.05, 0) is 32.0 Å². The van der Waals surface area contributed by atoms with Gasteiger partial charge in [0.05, 0.1) is 30.9 Å². The molecule has 1 fully saturated rings. The van der Waals surface area contributed by atoms with Gasteiger partial charge in [0.15, 0.2) is 11.4 Å². The number of rotatable bonds is 3. The molecule has 0 spiro atoms. The minimum absolute atomic E-state index is 0.212. The second-order valence-corrected chi connectivity index (χ2v) is 7.48. The lowest BCUT2D eigenvalue weighted by Gasteiger charge is -2.38. The highest BCUT2D eigenvalue weighted by molar-refractivity contribution is 5.92. The summed E-state index contributed by atoms with van der Waals surface area (Å²) in [5.74, 6) is 2.11. The molecule has 0 bridgehead atoms. The molecule has 5 rings (SSSR count). The number of anilines is 1. The number of methoxy groups -OCH3 is 1. The minimum atomic E-state index is -0.212. The minimum Gasteiger partial charge on any atom is -0.480 e. The predicted molar refractivity (Wildman–Crippen MR) is 105 cm³/mol. The van der Waals surface area contributed by atoms with E-state index in [1.165, 1.54) is 0 Å². The number of hydrogen-bond donors (Lipinski definition) is 0. The first-order valence-electron chi connectivity index (χ1n) is 9.21. The number of imidazole rings is 1. The van der Waals surface area contributed by atoms with E-state index in [4.69, 9.17) is 13.9 Å². The van der Waals surface area contributed by atoms with Gasteiger partial charge < -0.3 is 18.8 Å². The van der Waals surface area contributed by atoms with Crippen molar-refractivity contribution in [3.63, 3.8) is 0 Å². The van der Waals surface area contributed by atoms with Crippen LogP contribution in [0.25, 0.3) is 28.1 Å². The van der Waals surface area contributed by atoms with Gasteiger partial charge in [-0.1, -0.05) is 0 Å². The summed E-state index contributed by atoms with van der Waals surface area (Å²) in [4.78, 5) is 11.3. The van der Waals surface area contributed by atoms with Crippen LogP contribution in [0.1, 0.15) is 13.8 Å². The Labute approximate surface area is 161 Å². The number of furan rings is 1. The number of nitrogens with zero attached hydrogens (tertiary/aromatic N) is 5. The number of morpholine rings is 1. The van der Waals surface area contributed by atoms with E-state index in [1.54, 1.807) is 30.1 Å². The predicted octanol–water partition coefficient (Wildman–Crippen LogP) is 3.16. The number of aromatic nitrogens is 4. The molecule has 0 aromatic carbocycles. The Morgan fingerprint density at radius 1 is 1.18 bits per heavy atom. The van der Waals surface area contributed by atoms with Gasteiger partial charge in [-0.25, -0.2) is 14.5 Å². The van der Waals surface area contributed by atoms with Crippen molar-refractivity contribution in [2.24, 2.45) is 0 Å². The Hall–Kier alpha value is -3.13. The van der Waals surface area contributed by atoms with Gasteiger partial charge in [-0.15, -0.1) is 5.10 Å². The molecule has 0 radical (unpaired) electrons. The van der Waals surface area contributed by atoms with E-state index >= 15 is 0 Å². The molecule has 4 aromatic rings. The summed E-state index contributed by atoms with van der Waals surface area (Å²) >= 11 is 0. The molecule has 0 unspecified atom stereocenters.